The summed E-state index contributed by atoms with van der Waals surface area (Å²) in [5, 5.41) is 14.1. The highest BCUT2D eigenvalue weighted by Crippen LogP contribution is 2.24. The standard InChI is InChI=1S/C15H19FN2O2/c1-9-14(11(3)19)10(2)18(17-9)8-12-6-5-7-13(20-4)15(12)16/h5-7,11,19H,8H2,1-4H3. The molecule has 1 unspecified atom stereocenters. The van der Waals surface area contributed by atoms with Crippen molar-refractivity contribution >= 4 is 0 Å². The number of halogens is 1. The van der Waals surface area contributed by atoms with Crippen LogP contribution in [-0.4, -0.2) is 22.0 Å². The zero-order valence-electron chi connectivity index (χ0n) is 12.1. The van der Waals surface area contributed by atoms with Gasteiger partial charge in [-0.2, -0.15) is 5.10 Å². The second kappa shape index (κ2) is 5.63. The molecule has 1 aromatic heterocycles. The van der Waals surface area contributed by atoms with Crippen LogP contribution in [-0.2, 0) is 6.54 Å². The van der Waals surface area contributed by atoms with Crippen LogP contribution in [0.25, 0.3) is 0 Å². The molecule has 0 radical (unpaired) electrons. The Hall–Kier alpha value is -1.88. The minimum absolute atomic E-state index is 0.222. The van der Waals surface area contributed by atoms with Crippen LogP contribution in [0.5, 0.6) is 5.75 Å². The number of methoxy groups -OCH3 is 1. The molecule has 20 heavy (non-hydrogen) atoms. The van der Waals surface area contributed by atoms with Crippen molar-refractivity contribution in [2.45, 2.75) is 33.4 Å². The van der Waals surface area contributed by atoms with Crippen LogP contribution in [0, 0.1) is 19.7 Å². The first-order valence-corrected chi connectivity index (χ1v) is 6.49. The Morgan fingerprint density at radius 3 is 2.65 bits per heavy atom. The molecule has 0 amide bonds. The molecule has 0 saturated heterocycles. The van der Waals surface area contributed by atoms with Crippen LogP contribution < -0.4 is 4.74 Å². The third-order valence-electron chi connectivity index (χ3n) is 3.44. The van der Waals surface area contributed by atoms with Gasteiger partial charge in [0.1, 0.15) is 0 Å². The van der Waals surface area contributed by atoms with E-state index in [2.05, 4.69) is 5.10 Å². The maximum atomic E-state index is 14.1. The maximum absolute atomic E-state index is 14.1. The van der Waals surface area contributed by atoms with Crippen molar-refractivity contribution < 1.29 is 14.2 Å². The summed E-state index contributed by atoms with van der Waals surface area (Å²) in [6.07, 6.45) is -0.584. The SMILES string of the molecule is COc1cccc(Cn2nc(C)c(C(C)O)c2C)c1F. The lowest BCUT2D eigenvalue weighted by Gasteiger charge is -2.10. The Balaban J connectivity index is 2.38. The number of hydrogen-bond acceptors (Lipinski definition) is 3. The lowest BCUT2D eigenvalue weighted by atomic mass is 10.1. The molecule has 0 aliphatic heterocycles. The van der Waals surface area contributed by atoms with Crippen LogP contribution in [0.3, 0.4) is 0 Å². The summed E-state index contributed by atoms with van der Waals surface area (Å²) in [6, 6.07) is 5.04. The highest BCUT2D eigenvalue weighted by atomic mass is 19.1. The zero-order valence-corrected chi connectivity index (χ0v) is 12.1. The average Bonchev–Trinajstić information content (AvgIpc) is 2.67. The molecule has 2 rings (SSSR count). The first-order chi connectivity index (χ1) is 9.45. The summed E-state index contributed by atoms with van der Waals surface area (Å²) in [7, 11) is 1.44. The molecule has 1 atom stereocenters. The molecular weight excluding hydrogens is 259 g/mol. The van der Waals surface area contributed by atoms with E-state index in [0.29, 0.717) is 12.1 Å². The van der Waals surface area contributed by atoms with Gasteiger partial charge >= 0.3 is 0 Å². The minimum Gasteiger partial charge on any atom is -0.494 e. The van der Waals surface area contributed by atoms with E-state index in [4.69, 9.17) is 4.74 Å². The van der Waals surface area contributed by atoms with Crippen molar-refractivity contribution in [1.82, 2.24) is 9.78 Å². The molecule has 0 bridgehead atoms. The number of aryl methyl sites for hydroxylation is 1. The predicted octanol–water partition coefficient (Wildman–Crippen LogP) is 2.75. The fraction of sp³-hybridized carbons (Fsp3) is 0.400. The Morgan fingerprint density at radius 1 is 1.40 bits per heavy atom. The van der Waals surface area contributed by atoms with Crippen molar-refractivity contribution in [2.75, 3.05) is 7.11 Å². The summed E-state index contributed by atoms with van der Waals surface area (Å²) < 4.78 is 20.8. The third kappa shape index (κ3) is 2.54. The fourth-order valence-electron chi connectivity index (χ4n) is 2.47. The largest absolute Gasteiger partial charge is 0.494 e. The average molecular weight is 278 g/mol. The van der Waals surface area contributed by atoms with E-state index < -0.39 is 6.10 Å². The fourth-order valence-corrected chi connectivity index (χ4v) is 2.47. The van der Waals surface area contributed by atoms with Gasteiger partial charge in [0.05, 0.1) is 25.5 Å². The van der Waals surface area contributed by atoms with Crippen LogP contribution in [0.4, 0.5) is 4.39 Å². The summed E-state index contributed by atoms with van der Waals surface area (Å²) >= 11 is 0. The van der Waals surface area contributed by atoms with Gasteiger partial charge in [-0.1, -0.05) is 12.1 Å². The molecule has 0 saturated carbocycles. The van der Waals surface area contributed by atoms with Gasteiger partial charge in [0.2, 0.25) is 0 Å². The molecule has 0 aliphatic rings. The number of nitrogens with zero attached hydrogens (tertiary/aromatic N) is 2. The number of rotatable bonds is 4. The van der Waals surface area contributed by atoms with Crippen LogP contribution in [0.15, 0.2) is 18.2 Å². The van der Waals surface area contributed by atoms with Crippen molar-refractivity contribution in [3.63, 3.8) is 0 Å². The Kier molecular flexibility index (Phi) is 4.09. The molecule has 1 heterocycles. The van der Waals surface area contributed by atoms with Crippen LogP contribution in [0.2, 0.25) is 0 Å². The maximum Gasteiger partial charge on any atom is 0.170 e. The molecule has 0 aliphatic carbocycles. The van der Waals surface area contributed by atoms with Gasteiger partial charge in [0.15, 0.2) is 11.6 Å². The van der Waals surface area contributed by atoms with E-state index in [-0.39, 0.29) is 11.6 Å². The van der Waals surface area contributed by atoms with E-state index in [9.17, 15) is 9.50 Å². The molecule has 4 nitrogen and oxygen atoms in total. The van der Waals surface area contributed by atoms with Crippen molar-refractivity contribution in [2.24, 2.45) is 0 Å². The van der Waals surface area contributed by atoms with E-state index in [1.165, 1.54) is 7.11 Å². The quantitative estimate of drug-likeness (QED) is 0.935. The van der Waals surface area contributed by atoms with E-state index in [0.717, 1.165) is 17.0 Å². The van der Waals surface area contributed by atoms with Gasteiger partial charge in [0, 0.05) is 16.8 Å². The highest BCUT2D eigenvalue weighted by Gasteiger charge is 2.17. The molecule has 1 aromatic carbocycles. The summed E-state index contributed by atoms with van der Waals surface area (Å²) in [5.41, 5.74) is 2.92. The first-order valence-electron chi connectivity index (χ1n) is 6.49. The number of aliphatic hydroxyl groups excluding tert-OH is 1. The van der Waals surface area contributed by atoms with Gasteiger partial charge in [0.25, 0.3) is 0 Å². The molecule has 2 aromatic rings. The summed E-state index contributed by atoms with van der Waals surface area (Å²) in [6.45, 7) is 5.73. The topological polar surface area (TPSA) is 47.3 Å². The van der Waals surface area contributed by atoms with Gasteiger partial charge in [-0.05, 0) is 26.8 Å². The third-order valence-corrected chi connectivity index (χ3v) is 3.44. The Bertz CT molecular complexity index is 621. The highest BCUT2D eigenvalue weighted by molar-refractivity contribution is 5.32. The Labute approximate surface area is 117 Å². The molecule has 1 N–H and O–H groups in total. The minimum atomic E-state index is -0.584. The molecular formula is C15H19FN2O2. The van der Waals surface area contributed by atoms with Crippen molar-refractivity contribution in [3.8, 4) is 5.75 Å². The number of ether oxygens (including phenoxy) is 1. The predicted molar refractivity (Wildman–Crippen MR) is 74.4 cm³/mol. The normalized spacial score (nSPS) is 12.5. The molecule has 108 valence electrons. The zero-order chi connectivity index (χ0) is 14.9. The lowest BCUT2D eigenvalue weighted by molar-refractivity contribution is 0.197. The van der Waals surface area contributed by atoms with Gasteiger partial charge < -0.3 is 9.84 Å². The molecule has 5 heteroatoms. The van der Waals surface area contributed by atoms with Gasteiger partial charge in [-0.25, -0.2) is 4.39 Å². The summed E-state index contributed by atoms with van der Waals surface area (Å²) in [4.78, 5) is 0. The van der Waals surface area contributed by atoms with Crippen LogP contribution in [0.1, 0.15) is 35.5 Å². The number of benzene rings is 1. The number of aromatic nitrogens is 2. The summed E-state index contributed by atoms with van der Waals surface area (Å²) in [5.74, 6) is -0.152. The van der Waals surface area contributed by atoms with E-state index in [1.54, 1.807) is 29.8 Å². The second-order valence-corrected chi connectivity index (χ2v) is 4.85. The van der Waals surface area contributed by atoms with Gasteiger partial charge in [-0.15, -0.1) is 0 Å². The smallest absolute Gasteiger partial charge is 0.170 e. The molecule has 0 spiro atoms. The first kappa shape index (κ1) is 14.5. The monoisotopic (exact) mass is 278 g/mol. The van der Waals surface area contributed by atoms with Crippen molar-refractivity contribution in [3.05, 3.63) is 46.5 Å². The van der Waals surface area contributed by atoms with E-state index in [1.807, 2.05) is 13.8 Å². The Morgan fingerprint density at radius 2 is 2.10 bits per heavy atom. The van der Waals surface area contributed by atoms with Gasteiger partial charge in [-0.3, -0.25) is 4.68 Å². The van der Waals surface area contributed by atoms with Crippen LogP contribution >= 0.6 is 0 Å². The number of hydrogen-bond donors (Lipinski definition) is 1. The van der Waals surface area contributed by atoms with Crippen molar-refractivity contribution in [1.29, 1.82) is 0 Å². The molecule has 0 fully saturated rings. The number of aliphatic hydroxyl groups is 1. The van der Waals surface area contributed by atoms with E-state index >= 15 is 0 Å². The lowest BCUT2D eigenvalue weighted by Crippen LogP contribution is -2.07. The second-order valence-electron chi connectivity index (χ2n) is 4.85.